The van der Waals surface area contributed by atoms with Crippen LogP contribution in [0.4, 0.5) is 5.69 Å². The fourth-order valence-electron chi connectivity index (χ4n) is 5.31. The Hall–Kier alpha value is -4.66. The number of aromatic amines is 1. The molecular weight excluding hydrogens is 568 g/mol. The van der Waals surface area contributed by atoms with Crippen LogP contribution in [0.25, 0.3) is 22.0 Å². The van der Waals surface area contributed by atoms with E-state index in [0.717, 1.165) is 33.3 Å². The molecule has 0 radical (unpaired) electrons. The summed E-state index contributed by atoms with van der Waals surface area (Å²) in [6.45, 7) is 0. The van der Waals surface area contributed by atoms with Crippen molar-refractivity contribution in [2.75, 3.05) is 19.5 Å². The Morgan fingerprint density at radius 1 is 0.929 bits per heavy atom. The number of hydrazone groups is 1. The number of H-pyrrole nitrogens is 1. The van der Waals surface area contributed by atoms with E-state index in [0.29, 0.717) is 39.3 Å². The molecule has 4 aromatic carbocycles. The molecule has 5 aromatic rings. The number of halogens is 1. The van der Waals surface area contributed by atoms with Gasteiger partial charge in [-0.05, 0) is 65.8 Å². The molecule has 1 atom stereocenters. The van der Waals surface area contributed by atoms with Crippen molar-refractivity contribution in [1.29, 1.82) is 0 Å². The predicted octanol–water partition coefficient (Wildman–Crippen LogP) is 7.41. The van der Waals surface area contributed by atoms with Crippen LogP contribution in [0.2, 0.25) is 5.02 Å². The number of aromatic nitrogens is 1. The molecule has 0 aliphatic carbocycles. The van der Waals surface area contributed by atoms with Crippen molar-refractivity contribution in [2.45, 2.75) is 12.5 Å². The number of nitrogens with zero attached hydrogens (tertiary/aromatic N) is 2. The lowest BCUT2D eigenvalue weighted by atomic mass is 9.91. The van der Waals surface area contributed by atoms with Crippen molar-refractivity contribution in [1.82, 2.24) is 9.99 Å². The Morgan fingerprint density at radius 2 is 1.64 bits per heavy atom. The molecule has 0 amide bonds. The van der Waals surface area contributed by atoms with Crippen LogP contribution < -0.4 is 20.3 Å². The van der Waals surface area contributed by atoms with Crippen LogP contribution in [-0.4, -0.2) is 35.0 Å². The number of benzene rings is 4. The van der Waals surface area contributed by atoms with Gasteiger partial charge in [-0.2, -0.15) is 5.10 Å². The topological polar surface area (TPSA) is 79.0 Å². The summed E-state index contributed by atoms with van der Waals surface area (Å²) in [7, 11) is 3.20. The van der Waals surface area contributed by atoms with Gasteiger partial charge in [0.1, 0.15) is 0 Å². The van der Waals surface area contributed by atoms with Gasteiger partial charge in [-0.1, -0.05) is 66.2 Å². The van der Waals surface area contributed by atoms with Crippen molar-refractivity contribution >= 4 is 51.2 Å². The number of anilines is 1. The molecule has 0 fully saturated rings. The summed E-state index contributed by atoms with van der Waals surface area (Å²) in [5.41, 5.74) is 5.02. The summed E-state index contributed by atoms with van der Waals surface area (Å²) in [4.78, 5) is 16.9. The number of rotatable bonds is 6. The molecule has 1 aromatic heterocycles. The molecule has 1 aliphatic rings. The number of thiocarbonyl (C=S) groups is 1. The van der Waals surface area contributed by atoms with Gasteiger partial charge in [0.25, 0.3) is 5.56 Å². The summed E-state index contributed by atoms with van der Waals surface area (Å²) in [5, 5.41) is 12.0. The summed E-state index contributed by atoms with van der Waals surface area (Å²) >= 11 is 12.1. The van der Waals surface area contributed by atoms with Gasteiger partial charge >= 0.3 is 0 Å². The van der Waals surface area contributed by atoms with Gasteiger partial charge in [0.15, 0.2) is 16.6 Å². The number of ether oxygens (including phenoxy) is 2. The zero-order valence-electron chi connectivity index (χ0n) is 22.9. The first kappa shape index (κ1) is 27.5. The lowest BCUT2D eigenvalue weighted by molar-refractivity contribution is 0.348. The maximum absolute atomic E-state index is 13.8. The minimum absolute atomic E-state index is 0.229. The summed E-state index contributed by atoms with van der Waals surface area (Å²) in [6.07, 6.45) is 0.425. The fourth-order valence-corrected chi connectivity index (χ4v) is 5.72. The van der Waals surface area contributed by atoms with E-state index in [1.54, 1.807) is 19.2 Å². The van der Waals surface area contributed by atoms with Crippen LogP contribution >= 0.6 is 23.8 Å². The highest BCUT2D eigenvalue weighted by atomic mass is 35.5. The molecule has 210 valence electrons. The van der Waals surface area contributed by atoms with Gasteiger partial charge < -0.3 is 19.8 Å². The second kappa shape index (κ2) is 11.7. The number of hydrogen-bond donors (Lipinski definition) is 2. The van der Waals surface area contributed by atoms with Gasteiger partial charge in [-0.3, -0.25) is 4.79 Å². The molecule has 42 heavy (non-hydrogen) atoms. The fraction of sp³-hybridized carbons (Fsp3) is 0.121. The molecule has 0 bridgehead atoms. The predicted molar refractivity (Wildman–Crippen MR) is 173 cm³/mol. The molecule has 7 nitrogen and oxygen atoms in total. The average molecular weight is 595 g/mol. The Kier molecular flexibility index (Phi) is 7.65. The van der Waals surface area contributed by atoms with E-state index < -0.39 is 0 Å². The zero-order valence-corrected chi connectivity index (χ0v) is 24.5. The van der Waals surface area contributed by atoms with Crippen LogP contribution in [-0.2, 0) is 0 Å². The standard InChI is InChI=1S/C33H27ClN4O3S/c1-40-28-17-14-21(18-29(28)41-2)27-19-26(37-38(27)33(42)35-23-8-4-3-5-9-23)31-30(20-12-15-22(34)16-13-20)24-10-6-7-11-25(24)36-32(31)39/h3-18,27H,19H2,1-2H3,(H,35,42)(H,36,39)/t27-/m1/s1. The number of pyridine rings is 1. The molecule has 0 saturated heterocycles. The van der Waals surface area contributed by atoms with Crippen LogP contribution in [0.1, 0.15) is 23.6 Å². The number of para-hydroxylation sites is 2. The van der Waals surface area contributed by atoms with Gasteiger partial charge in [0.2, 0.25) is 0 Å². The normalized spacial score (nSPS) is 14.5. The maximum Gasteiger partial charge on any atom is 0.258 e. The summed E-state index contributed by atoms with van der Waals surface area (Å²) in [6, 6.07) is 30.4. The van der Waals surface area contributed by atoms with Gasteiger partial charge in [0.05, 0.1) is 31.5 Å². The first-order valence-corrected chi connectivity index (χ1v) is 14.1. The van der Waals surface area contributed by atoms with E-state index >= 15 is 0 Å². The Morgan fingerprint density at radius 3 is 2.38 bits per heavy atom. The number of methoxy groups -OCH3 is 2. The maximum atomic E-state index is 13.8. The highest BCUT2D eigenvalue weighted by Crippen LogP contribution is 2.40. The van der Waals surface area contributed by atoms with Crippen LogP contribution in [0.15, 0.2) is 107 Å². The molecule has 0 saturated carbocycles. The SMILES string of the molecule is COc1ccc([C@H]2CC(c3c(-c4ccc(Cl)cc4)c4ccccc4[nH]c3=O)=NN2C(=S)Nc2ccccc2)cc1OC. The van der Waals surface area contributed by atoms with Crippen molar-refractivity contribution < 1.29 is 9.47 Å². The number of fused-ring (bicyclic) bond motifs is 1. The molecule has 0 unspecified atom stereocenters. The van der Waals surface area contributed by atoms with Crippen LogP contribution in [0.5, 0.6) is 11.5 Å². The lowest BCUT2D eigenvalue weighted by Crippen LogP contribution is -2.31. The monoisotopic (exact) mass is 594 g/mol. The second-order valence-electron chi connectivity index (χ2n) is 9.78. The highest BCUT2D eigenvalue weighted by molar-refractivity contribution is 7.80. The molecule has 1 aliphatic heterocycles. The van der Waals surface area contributed by atoms with E-state index in [9.17, 15) is 4.79 Å². The average Bonchev–Trinajstić information content (AvgIpc) is 3.46. The lowest BCUT2D eigenvalue weighted by Gasteiger charge is -2.25. The molecule has 6 rings (SSSR count). The largest absolute Gasteiger partial charge is 0.493 e. The van der Waals surface area contributed by atoms with E-state index in [1.165, 1.54) is 0 Å². The highest BCUT2D eigenvalue weighted by Gasteiger charge is 2.34. The van der Waals surface area contributed by atoms with Crippen molar-refractivity contribution in [2.24, 2.45) is 5.10 Å². The molecule has 2 N–H and O–H groups in total. The third-order valence-corrected chi connectivity index (χ3v) is 7.82. The van der Waals surface area contributed by atoms with E-state index in [1.807, 2.05) is 97.1 Å². The third kappa shape index (κ3) is 5.22. The third-order valence-electron chi connectivity index (χ3n) is 7.28. The Bertz CT molecular complexity index is 1870. The number of nitrogens with one attached hydrogen (secondary N) is 2. The minimum Gasteiger partial charge on any atom is -0.493 e. The van der Waals surface area contributed by atoms with Crippen molar-refractivity contribution in [3.05, 3.63) is 124 Å². The van der Waals surface area contributed by atoms with Crippen LogP contribution in [0, 0.1) is 0 Å². The molecule has 9 heteroatoms. The smallest absolute Gasteiger partial charge is 0.258 e. The molecule has 0 spiro atoms. The first-order chi connectivity index (χ1) is 20.5. The van der Waals surface area contributed by atoms with E-state index in [4.69, 9.17) is 38.4 Å². The van der Waals surface area contributed by atoms with E-state index in [-0.39, 0.29) is 11.6 Å². The Balaban J connectivity index is 1.51. The van der Waals surface area contributed by atoms with Gasteiger partial charge in [-0.15, -0.1) is 0 Å². The van der Waals surface area contributed by atoms with E-state index in [2.05, 4.69) is 10.3 Å². The van der Waals surface area contributed by atoms with Crippen molar-refractivity contribution in [3.8, 4) is 22.6 Å². The van der Waals surface area contributed by atoms with Crippen LogP contribution in [0.3, 0.4) is 0 Å². The first-order valence-electron chi connectivity index (χ1n) is 13.3. The van der Waals surface area contributed by atoms with Gasteiger partial charge in [0, 0.05) is 33.6 Å². The Labute approximate surface area is 253 Å². The van der Waals surface area contributed by atoms with Gasteiger partial charge in [-0.25, -0.2) is 5.01 Å². The summed E-state index contributed by atoms with van der Waals surface area (Å²) in [5.74, 6) is 1.21. The number of hydrogen-bond acceptors (Lipinski definition) is 5. The quantitative estimate of drug-likeness (QED) is 0.199. The molecular formula is C33H27ClN4O3S. The zero-order chi connectivity index (χ0) is 29.2. The van der Waals surface area contributed by atoms with Crippen molar-refractivity contribution in [3.63, 3.8) is 0 Å². The molecule has 2 heterocycles. The minimum atomic E-state index is -0.313. The summed E-state index contributed by atoms with van der Waals surface area (Å²) < 4.78 is 11.1. The second-order valence-corrected chi connectivity index (χ2v) is 10.6.